The largest absolute Gasteiger partial charge is 0.384 e. The van der Waals surface area contributed by atoms with Crippen LogP contribution in [0.5, 0.6) is 0 Å². The molecule has 0 spiro atoms. The monoisotopic (exact) mass is 264 g/mol. The van der Waals surface area contributed by atoms with Crippen molar-refractivity contribution in [3.8, 4) is 11.1 Å². The molecule has 0 aliphatic heterocycles. The van der Waals surface area contributed by atoms with E-state index in [1.54, 1.807) is 13.2 Å². The second kappa shape index (κ2) is 5.98. The van der Waals surface area contributed by atoms with Crippen LogP contribution in [0, 0.1) is 5.82 Å². The summed E-state index contributed by atoms with van der Waals surface area (Å²) >= 11 is 5.66. The van der Waals surface area contributed by atoms with Gasteiger partial charge < -0.3 is 4.74 Å². The normalized spacial score (nSPS) is 10.6. The molecule has 2 rings (SSSR count). The summed E-state index contributed by atoms with van der Waals surface area (Å²) in [5.74, 6) is -0.391. The molecule has 0 radical (unpaired) electrons. The quantitative estimate of drug-likeness (QED) is 0.798. The van der Waals surface area contributed by atoms with Gasteiger partial charge in [0.1, 0.15) is 5.82 Å². The van der Waals surface area contributed by atoms with E-state index in [0.717, 1.165) is 17.5 Å². The summed E-state index contributed by atoms with van der Waals surface area (Å²) in [6.07, 6.45) is 0.881. The van der Waals surface area contributed by atoms with Gasteiger partial charge in [0, 0.05) is 7.11 Å². The van der Waals surface area contributed by atoms with Gasteiger partial charge in [-0.1, -0.05) is 41.9 Å². The van der Waals surface area contributed by atoms with Gasteiger partial charge in [-0.3, -0.25) is 0 Å². The Morgan fingerprint density at radius 2 is 1.72 bits per heavy atom. The Kier molecular flexibility index (Phi) is 4.34. The Balaban J connectivity index is 2.20. The molecule has 0 N–H and O–H groups in total. The highest BCUT2D eigenvalue weighted by Crippen LogP contribution is 2.24. The predicted octanol–water partition coefficient (Wildman–Crippen LogP) is 4.34. The molecule has 0 aliphatic carbocycles. The molecule has 2 aromatic rings. The number of halogens is 2. The smallest absolute Gasteiger partial charge is 0.142 e. The summed E-state index contributed by atoms with van der Waals surface area (Å²) in [5, 5.41) is 0.149. The molecule has 1 nitrogen and oxygen atoms in total. The fourth-order valence-electron chi connectivity index (χ4n) is 1.76. The third kappa shape index (κ3) is 3.09. The molecule has 0 fully saturated rings. The van der Waals surface area contributed by atoms with Crippen molar-refractivity contribution in [3.05, 3.63) is 58.9 Å². The molecular formula is C15H14ClFO. The van der Waals surface area contributed by atoms with E-state index in [1.165, 1.54) is 11.6 Å². The van der Waals surface area contributed by atoms with E-state index in [0.29, 0.717) is 6.61 Å². The highest BCUT2D eigenvalue weighted by Gasteiger charge is 2.03. The first-order chi connectivity index (χ1) is 8.70. The average molecular weight is 265 g/mol. The van der Waals surface area contributed by atoms with Gasteiger partial charge in [0.25, 0.3) is 0 Å². The van der Waals surface area contributed by atoms with Crippen LogP contribution in [0.2, 0.25) is 5.02 Å². The lowest BCUT2D eigenvalue weighted by atomic mass is 10.0. The molecule has 0 amide bonds. The Morgan fingerprint density at radius 1 is 1.06 bits per heavy atom. The predicted molar refractivity (Wildman–Crippen MR) is 72.4 cm³/mol. The molecule has 0 aliphatic rings. The van der Waals surface area contributed by atoms with Crippen LogP contribution in [0.15, 0.2) is 42.5 Å². The molecule has 0 aromatic heterocycles. The number of ether oxygens (including phenoxy) is 1. The van der Waals surface area contributed by atoms with Crippen molar-refractivity contribution in [1.29, 1.82) is 0 Å². The van der Waals surface area contributed by atoms with Crippen molar-refractivity contribution in [3.63, 3.8) is 0 Å². The van der Waals surface area contributed by atoms with Crippen molar-refractivity contribution in [2.75, 3.05) is 13.7 Å². The third-order valence-corrected chi connectivity index (χ3v) is 3.11. The Hall–Kier alpha value is -1.38. The Labute approximate surface area is 111 Å². The molecule has 0 unspecified atom stereocenters. The highest BCUT2D eigenvalue weighted by atomic mass is 35.5. The zero-order valence-electron chi connectivity index (χ0n) is 10.1. The number of methoxy groups -OCH3 is 1. The first-order valence-electron chi connectivity index (χ1n) is 5.74. The van der Waals surface area contributed by atoms with Gasteiger partial charge in [0.2, 0.25) is 0 Å². The molecule has 18 heavy (non-hydrogen) atoms. The van der Waals surface area contributed by atoms with Crippen LogP contribution in [0.3, 0.4) is 0 Å². The lowest BCUT2D eigenvalue weighted by Gasteiger charge is -2.05. The van der Waals surface area contributed by atoms with Gasteiger partial charge in [-0.05, 0) is 35.2 Å². The zero-order chi connectivity index (χ0) is 13.0. The van der Waals surface area contributed by atoms with Crippen LogP contribution in [0.1, 0.15) is 5.56 Å². The van der Waals surface area contributed by atoms with Gasteiger partial charge in [-0.15, -0.1) is 0 Å². The highest BCUT2D eigenvalue weighted by molar-refractivity contribution is 6.30. The van der Waals surface area contributed by atoms with Crippen molar-refractivity contribution < 1.29 is 9.13 Å². The van der Waals surface area contributed by atoms with E-state index in [4.69, 9.17) is 16.3 Å². The molecule has 0 heterocycles. The first kappa shape index (κ1) is 13.1. The Bertz CT molecular complexity index is 523. The van der Waals surface area contributed by atoms with Crippen LogP contribution >= 0.6 is 11.6 Å². The van der Waals surface area contributed by atoms with Crippen LogP contribution in [0.25, 0.3) is 11.1 Å². The maximum Gasteiger partial charge on any atom is 0.142 e. The van der Waals surface area contributed by atoms with Gasteiger partial charge in [0.05, 0.1) is 11.6 Å². The van der Waals surface area contributed by atoms with Gasteiger partial charge in [-0.2, -0.15) is 0 Å². The van der Waals surface area contributed by atoms with Crippen molar-refractivity contribution in [1.82, 2.24) is 0 Å². The SMILES string of the molecule is COCCc1ccc(-c2ccc(Cl)c(F)c2)cc1. The summed E-state index contributed by atoms with van der Waals surface area (Å²) < 4.78 is 18.4. The molecule has 0 bridgehead atoms. The summed E-state index contributed by atoms with van der Waals surface area (Å²) in [6, 6.07) is 12.9. The van der Waals surface area contributed by atoms with Crippen LogP contribution < -0.4 is 0 Å². The van der Waals surface area contributed by atoms with E-state index >= 15 is 0 Å². The van der Waals surface area contributed by atoms with Crippen LogP contribution in [-0.2, 0) is 11.2 Å². The van der Waals surface area contributed by atoms with Crippen LogP contribution in [0.4, 0.5) is 4.39 Å². The lowest BCUT2D eigenvalue weighted by molar-refractivity contribution is 0.202. The topological polar surface area (TPSA) is 9.23 Å². The molecular weight excluding hydrogens is 251 g/mol. The van der Waals surface area contributed by atoms with Crippen molar-refractivity contribution in [2.45, 2.75) is 6.42 Å². The molecule has 0 atom stereocenters. The maximum atomic E-state index is 13.4. The fourth-order valence-corrected chi connectivity index (χ4v) is 1.88. The standard InChI is InChI=1S/C15H14ClFO/c1-18-9-8-11-2-4-12(5-3-11)13-6-7-14(16)15(17)10-13/h2-7,10H,8-9H2,1H3. The number of rotatable bonds is 4. The fraction of sp³-hybridized carbons (Fsp3) is 0.200. The molecule has 3 heteroatoms. The summed E-state index contributed by atoms with van der Waals surface area (Å²) in [5.41, 5.74) is 3.01. The third-order valence-electron chi connectivity index (χ3n) is 2.80. The molecule has 2 aromatic carbocycles. The minimum atomic E-state index is -0.391. The van der Waals surface area contributed by atoms with E-state index in [9.17, 15) is 4.39 Å². The lowest BCUT2D eigenvalue weighted by Crippen LogP contribution is -1.93. The van der Waals surface area contributed by atoms with Gasteiger partial charge >= 0.3 is 0 Å². The van der Waals surface area contributed by atoms with E-state index in [-0.39, 0.29) is 5.02 Å². The maximum absolute atomic E-state index is 13.4. The molecule has 94 valence electrons. The van der Waals surface area contributed by atoms with Crippen molar-refractivity contribution >= 4 is 11.6 Å². The summed E-state index contributed by atoms with van der Waals surface area (Å²) in [4.78, 5) is 0. The van der Waals surface area contributed by atoms with E-state index < -0.39 is 5.82 Å². The average Bonchev–Trinajstić information content (AvgIpc) is 2.40. The minimum Gasteiger partial charge on any atom is -0.384 e. The van der Waals surface area contributed by atoms with Crippen molar-refractivity contribution in [2.24, 2.45) is 0 Å². The van der Waals surface area contributed by atoms with Gasteiger partial charge in [0.15, 0.2) is 0 Å². The molecule has 0 saturated carbocycles. The summed E-state index contributed by atoms with van der Waals surface area (Å²) in [7, 11) is 1.69. The second-order valence-electron chi connectivity index (χ2n) is 4.07. The van der Waals surface area contributed by atoms with E-state index in [2.05, 4.69) is 0 Å². The zero-order valence-corrected chi connectivity index (χ0v) is 10.9. The van der Waals surface area contributed by atoms with Gasteiger partial charge in [-0.25, -0.2) is 4.39 Å². The Morgan fingerprint density at radius 3 is 2.33 bits per heavy atom. The first-order valence-corrected chi connectivity index (χ1v) is 6.12. The number of hydrogen-bond acceptors (Lipinski definition) is 1. The van der Waals surface area contributed by atoms with E-state index in [1.807, 2.05) is 30.3 Å². The number of benzene rings is 2. The van der Waals surface area contributed by atoms with Crippen LogP contribution in [-0.4, -0.2) is 13.7 Å². The molecule has 0 saturated heterocycles. The summed E-state index contributed by atoms with van der Waals surface area (Å²) in [6.45, 7) is 0.703. The number of hydrogen-bond donors (Lipinski definition) is 0. The minimum absolute atomic E-state index is 0.149. The second-order valence-corrected chi connectivity index (χ2v) is 4.48.